The van der Waals surface area contributed by atoms with Gasteiger partial charge in [0.1, 0.15) is 16.8 Å². The molecule has 94 valence electrons. The highest BCUT2D eigenvalue weighted by Gasteiger charge is 2.29. The fraction of sp³-hybridized carbons (Fsp3) is 0.667. The Bertz CT molecular complexity index is 424. The van der Waals surface area contributed by atoms with Crippen LogP contribution < -0.4 is 4.90 Å². The van der Waals surface area contributed by atoms with E-state index in [0.29, 0.717) is 17.0 Å². The first-order valence-electron chi connectivity index (χ1n) is 5.86. The lowest BCUT2D eigenvalue weighted by Crippen LogP contribution is -2.37. The fourth-order valence-electron chi connectivity index (χ4n) is 2.31. The molecular formula is C12H18ClN3O. The SMILES string of the molecule is Cc1nc(Cl)c(C)c(N(C)C2CCOC2C)n1. The van der Waals surface area contributed by atoms with Gasteiger partial charge in [0.25, 0.3) is 0 Å². The Kier molecular flexibility index (Phi) is 3.54. The van der Waals surface area contributed by atoms with Gasteiger partial charge < -0.3 is 9.64 Å². The van der Waals surface area contributed by atoms with Crippen molar-refractivity contribution in [2.24, 2.45) is 0 Å². The lowest BCUT2D eigenvalue weighted by atomic mass is 10.1. The third-order valence-electron chi connectivity index (χ3n) is 3.34. The molecule has 1 fully saturated rings. The summed E-state index contributed by atoms with van der Waals surface area (Å²) in [5, 5.41) is 0.533. The largest absolute Gasteiger partial charge is 0.376 e. The molecule has 1 aromatic heterocycles. The van der Waals surface area contributed by atoms with Crippen molar-refractivity contribution in [3.05, 3.63) is 16.5 Å². The maximum absolute atomic E-state index is 6.10. The molecule has 0 spiro atoms. The van der Waals surface area contributed by atoms with Gasteiger partial charge in [-0.25, -0.2) is 9.97 Å². The van der Waals surface area contributed by atoms with Crippen LogP contribution in [0, 0.1) is 13.8 Å². The van der Waals surface area contributed by atoms with Crippen LogP contribution in [0.4, 0.5) is 5.82 Å². The molecule has 4 nitrogen and oxygen atoms in total. The lowest BCUT2D eigenvalue weighted by Gasteiger charge is -2.29. The van der Waals surface area contributed by atoms with Crippen LogP contribution >= 0.6 is 11.6 Å². The molecule has 1 aliphatic heterocycles. The predicted octanol–water partition coefficient (Wildman–Crippen LogP) is 2.36. The molecule has 0 N–H and O–H groups in total. The van der Waals surface area contributed by atoms with Gasteiger partial charge in [-0.2, -0.15) is 0 Å². The Labute approximate surface area is 107 Å². The molecule has 0 radical (unpaired) electrons. The van der Waals surface area contributed by atoms with E-state index in [1.807, 2.05) is 20.9 Å². The number of aryl methyl sites for hydroxylation is 1. The van der Waals surface area contributed by atoms with Gasteiger partial charge in [0.15, 0.2) is 0 Å². The first kappa shape index (κ1) is 12.6. The van der Waals surface area contributed by atoms with Crippen LogP contribution in [0.25, 0.3) is 0 Å². The second kappa shape index (κ2) is 4.78. The van der Waals surface area contributed by atoms with E-state index in [2.05, 4.69) is 21.8 Å². The third-order valence-corrected chi connectivity index (χ3v) is 3.71. The molecule has 2 atom stereocenters. The summed E-state index contributed by atoms with van der Waals surface area (Å²) in [6.07, 6.45) is 1.26. The minimum Gasteiger partial charge on any atom is -0.376 e. The minimum absolute atomic E-state index is 0.230. The molecule has 2 unspecified atom stereocenters. The second-order valence-corrected chi connectivity index (χ2v) is 4.91. The highest BCUT2D eigenvalue weighted by molar-refractivity contribution is 6.30. The molecular weight excluding hydrogens is 238 g/mol. The quantitative estimate of drug-likeness (QED) is 0.761. The van der Waals surface area contributed by atoms with E-state index in [-0.39, 0.29) is 6.10 Å². The zero-order valence-corrected chi connectivity index (χ0v) is 11.5. The van der Waals surface area contributed by atoms with Crippen LogP contribution in [0.5, 0.6) is 0 Å². The van der Waals surface area contributed by atoms with Gasteiger partial charge in [-0.05, 0) is 27.2 Å². The smallest absolute Gasteiger partial charge is 0.137 e. The number of halogens is 1. The van der Waals surface area contributed by atoms with Gasteiger partial charge >= 0.3 is 0 Å². The highest BCUT2D eigenvalue weighted by atomic mass is 35.5. The third kappa shape index (κ3) is 2.38. The molecule has 17 heavy (non-hydrogen) atoms. The average Bonchev–Trinajstić information content (AvgIpc) is 2.69. The molecule has 2 heterocycles. The van der Waals surface area contributed by atoms with E-state index in [4.69, 9.17) is 16.3 Å². The van der Waals surface area contributed by atoms with Gasteiger partial charge in [-0.1, -0.05) is 11.6 Å². The standard InChI is InChI=1S/C12H18ClN3O/c1-7-11(13)14-9(3)15-12(7)16(4)10-5-6-17-8(10)2/h8,10H,5-6H2,1-4H3. The number of likely N-dealkylation sites (N-methyl/N-ethyl adjacent to an activating group) is 1. The van der Waals surface area contributed by atoms with Crippen LogP contribution in [-0.4, -0.2) is 35.8 Å². The molecule has 0 bridgehead atoms. The van der Waals surface area contributed by atoms with Crippen LogP contribution in [0.3, 0.4) is 0 Å². The van der Waals surface area contributed by atoms with Gasteiger partial charge in [0.2, 0.25) is 0 Å². The Morgan fingerprint density at radius 3 is 2.65 bits per heavy atom. The van der Waals surface area contributed by atoms with Crippen LogP contribution in [-0.2, 0) is 4.74 Å². The summed E-state index contributed by atoms with van der Waals surface area (Å²) in [6.45, 7) is 6.72. The van der Waals surface area contributed by atoms with Crippen LogP contribution in [0.1, 0.15) is 24.7 Å². The van der Waals surface area contributed by atoms with E-state index < -0.39 is 0 Å². The summed E-state index contributed by atoms with van der Waals surface area (Å²) in [5.74, 6) is 1.61. The van der Waals surface area contributed by atoms with Crippen molar-refractivity contribution in [2.45, 2.75) is 39.3 Å². The van der Waals surface area contributed by atoms with E-state index in [1.165, 1.54) is 0 Å². The van der Waals surface area contributed by atoms with E-state index in [9.17, 15) is 0 Å². The number of ether oxygens (including phenoxy) is 1. The molecule has 0 amide bonds. The van der Waals surface area contributed by atoms with Crippen LogP contribution in [0.2, 0.25) is 5.15 Å². The molecule has 0 aromatic carbocycles. The van der Waals surface area contributed by atoms with Gasteiger partial charge in [0, 0.05) is 19.2 Å². The molecule has 0 saturated carbocycles. The minimum atomic E-state index is 0.230. The molecule has 1 aromatic rings. The fourth-order valence-corrected chi connectivity index (χ4v) is 2.52. The Morgan fingerprint density at radius 2 is 2.06 bits per heavy atom. The molecule has 0 aliphatic carbocycles. The summed E-state index contributed by atoms with van der Waals surface area (Å²) in [6, 6.07) is 0.360. The summed E-state index contributed by atoms with van der Waals surface area (Å²) in [7, 11) is 2.04. The highest BCUT2D eigenvalue weighted by Crippen LogP contribution is 2.28. The zero-order valence-electron chi connectivity index (χ0n) is 10.7. The van der Waals surface area contributed by atoms with Crippen molar-refractivity contribution in [1.82, 2.24) is 9.97 Å². The number of hydrogen-bond donors (Lipinski definition) is 0. The van der Waals surface area contributed by atoms with E-state index >= 15 is 0 Å². The maximum Gasteiger partial charge on any atom is 0.137 e. The first-order chi connectivity index (χ1) is 8.00. The van der Waals surface area contributed by atoms with Crippen molar-refractivity contribution >= 4 is 17.4 Å². The second-order valence-electron chi connectivity index (χ2n) is 4.55. The number of aromatic nitrogens is 2. The number of hydrogen-bond acceptors (Lipinski definition) is 4. The maximum atomic E-state index is 6.10. The average molecular weight is 256 g/mol. The normalized spacial score (nSPS) is 24.1. The zero-order chi connectivity index (χ0) is 12.6. The Morgan fingerprint density at radius 1 is 1.35 bits per heavy atom. The van der Waals surface area contributed by atoms with Crippen molar-refractivity contribution in [2.75, 3.05) is 18.6 Å². The van der Waals surface area contributed by atoms with E-state index in [0.717, 1.165) is 24.4 Å². The Balaban J connectivity index is 2.33. The Hall–Kier alpha value is -0.870. The van der Waals surface area contributed by atoms with Crippen LogP contribution in [0.15, 0.2) is 0 Å². The molecule has 2 rings (SSSR count). The summed E-state index contributed by atoms with van der Waals surface area (Å²) >= 11 is 6.10. The summed E-state index contributed by atoms with van der Waals surface area (Å²) in [4.78, 5) is 10.8. The van der Waals surface area contributed by atoms with Gasteiger partial charge in [0.05, 0.1) is 12.1 Å². The van der Waals surface area contributed by atoms with Crippen molar-refractivity contribution < 1.29 is 4.74 Å². The lowest BCUT2D eigenvalue weighted by molar-refractivity contribution is 0.118. The number of nitrogens with zero attached hydrogens (tertiary/aromatic N) is 3. The predicted molar refractivity (Wildman–Crippen MR) is 68.7 cm³/mol. The first-order valence-corrected chi connectivity index (χ1v) is 6.23. The number of rotatable bonds is 2. The summed E-state index contributed by atoms with van der Waals surface area (Å²) in [5.41, 5.74) is 0.930. The topological polar surface area (TPSA) is 38.2 Å². The molecule has 1 saturated heterocycles. The number of anilines is 1. The summed E-state index contributed by atoms with van der Waals surface area (Å²) < 4.78 is 5.59. The van der Waals surface area contributed by atoms with Gasteiger partial charge in [-0.3, -0.25) is 0 Å². The molecule has 5 heteroatoms. The van der Waals surface area contributed by atoms with Crippen molar-refractivity contribution in [3.8, 4) is 0 Å². The monoisotopic (exact) mass is 255 g/mol. The van der Waals surface area contributed by atoms with E-state index in [1.54, 1.807) is 0 Å². The molecule has 1 aliphatic rings. The van der Waals surface area contributed by atoms with Crippen molar-refractivity contribution in [1.29, 1.82) is 0 Å². The van der Waals surface area contributed by atoms with Crippen molar-refractivity contribution in [3.63, 3.8) is 0 Å². The van der Waals surface area contributed by atoms with Gasteiger partial charge in [-0.15, -0.1) is 0 Å².